The summed E-state index contributed by atoms with van der Waals surface area (Å²) in [6.45, 7) is 0. The molecule has 7 heteroatoms. The normalized spacial score (nSPS) is 14.4. The minimum absolute atomic E-state index is 0.0361. The zero-order valence-electron chi connectivity index (χ0n) is 8.53. The van der Waals surface area contributed by atoms with Crippen LogP contribution >= 0.6 is 15.9 Å². The number of hydrogen-bond donors (Lipinski definition) is 3. The van der Waals surface area contributed by atoms with Crippen LogP contribution in [0.25, 0.3) is 0 Å². The van der Waals surface area contributed by atoms with Crippen LogP contribution in [0.4, 0.5) is 8.78 Å². The van der Waals surface area contributed by atoms with Gasteiger partial charge in [-0.15, -0.1) is 0 Å². The molecule has 2 atom stereocenters. The Morgan fingerprint density at radius 1 is 1.41 bits per heavy atom. The maximum absolute atomic E-state index is 13.4. The number of amides is 1. The van der Waals surface area contributed by atoms with Gasteiger partial charge in [-0.25, -0.2) is 8.78 Å². The summed E-state index contributed by atoms with van der Waals surface area (Å²) in [7, 11) is 0. The van der Waals surface area contributed by atoms with E-state index in [9.17, 15) is 23.8 Å². The molecule has 0 heterocycles. The smallest absolute Gasteiger partial charge is 0.220 e. The molecule has 94 valence electrons. The molecule has 1 aromatic carbocycles. The predicted molar refractivity (Wildman–Crippen MR) is 58.8 cm³/mol. The Bertz CT molecular complexity index is 419. The van der Waals surface area contributed by atoms with E-state index in [1.165, 1.54) is 0 Å². The van der Waals surface area contributed by atoms with Crippen molar-refractivity contribution in [2.45, 2.75) is 18.6 Å². The van der Waals surface area contributed by atoms with Crippen molar-refractivity contribution in [2.75, 3.05) is 0 Å². The highest BCUT2D eigenvalue weighted by Gasteiger charge is 2.25. The molecule has 1 aromatic rings. The van der Waals surface area contributed by atoms with Gasteiger partial charge in [0.2, 0.25) is 5.91 Å². The fourth-order valence-electron chi connectivity index (χ4n) is 1.35. The summed E-state index contributed by atoms with van der Waals surface area (Å²) in [5, 5.41) is 19.1. The number of carbonyl (C=O) groups excluding carboxylic acids is 1. The van der Waals surface area contributed by atoms with Crippen LogP contribution in [0.15, 0.2) is 16.6 Å². The van der Waals surface area contributed by atoms with Crippen LogP contribution in [0.2, 0.25) is 0 Å². The fourth-order valence-corrected chi connectivity index (χ4v) is 1.99. The second kappa shape index (κ2) is 5.52. The molecule has 0 aliphatic heterocycles. The first-order valence-corrected chi connectivity index (χ1v) is 5.41. The average Bonchev–Trinajstić information content (AvgIpc) is 2.14. The molecular weight excluding hydrogens is 300 g/mol. The van der Waals surface area contributed by atoms with Gasteiger partial charge in [-0.1, -0.05) is 15.9 Å². The van der Waals surface area contributed by atoms with E-state index in [0.717, 1.165) is 6.07 Å². The SMILES string of the molecule is NC(=O)CC(O)C(O)c1c(F)cc(F)cc1Br. The predicted octanol–water partition coefficient (Wildman–Crippen LogP) is 0.997. The molecule has 0 radical (unpaired) electrons. The molecule has 0 saturated carbocycles. The van der Waals surface area contributed by atoms with E-state index in [-0.39, 0.29) is 10.0 Å². The zero-order chi connectivity index (χ0) is 13.2. The molecule has 0 saturated heterocycles. The van der Waals surface area contributed by atoms with E-state index in [0.29, 0.717) is 6.07 Å². The number of halogens is 3. The van der Waals surface area contributed by atoms with Crippen LogP contribution in [-0.4, -0.2) is 22.2 Å². The Kier molecular flexibility index (Phi) is 4.55. The lowest BCUT2D eigenvalue weighted by atomic mass is 10.0. The molecule has 0 aromatic heterocycles. The molecule has 4 N–H and O–H groups in total. The Morgan fingerprint density at radius 2 is 2.00 bits per heavy atom. The summed E-state index contributed by atoms with van der Waals surface area (Å²) in [6, 6.07) is 1.51. The Morgan fingerprint density at radius 3 is 2.47 bits per heavy atom. The van der Waals surface area contributed by atoms with Crippen LogP contribution in [0.1, 0.15) is 18.1 Å². The lowest BCUT2D eigenvalue weighted by molar-refractivity contribution is -0.121. The number of nitrogens with two attached hydrogens (primary N) is 1. The first kappa shape index (κ1) is 14.0. The summed E-state index contributed by atoms with van der Waals surface area (Å²) in [4.78, 5) is 10.6. The molecule has 1 rings (SSSR count). The fraction of sp³-hybridized carbons (Fsp3) is 0.300. The quantitative estimate of drug-likeness (QED) is 0.776. The molecule has 0 bridgehead atoms. The van der Waals surface area contributed by atoms with Gasteiger partial charge in [-0.2, -0.15) is 0 Å². The minimum Gasteiger partial charge on any atom is -0.390 e. The van der Waals surface area contributed by atoms with Crippen molar-refractivity contribution in [1.82, 2.24) is 0 Å². The van der Waals surface area contributed by atoms with Crippen molar-refractivity contribution in [2.24, 2.45) is 5.73 Å². The Balaban J connectivity index is 3.03. The van der Waals surface area contributed by atoms with Crippen molar-refractivity contribution >= 4 is 21.8 Å². The first-order valence-electron chi connectivity index (χ1n) is 4.61. The van der Waals surface area contributed by atoms with Gasteiger partial charge in [0, 0.05) is 16.1 Å². The lowest BCUT2D eigenvalue weighted by Crippen LogP contribution is -2.26. The summed E-state index contributed by atoms with van der Waals surface area (Å²) in [6.07, 6.45) is -3.74. The number of aliphatic hydroxyl groups is 2. The number of primary amides is 1. The van der Waals surface area contributed by atoms with Crippen molar-refractivity contribution < 1.29 is 23.8 Å². The van der Waals surface area contributed by atoms with Crippen molar-refractivity contribution in [3.05, 3.63) is 33.8 Å². The number of rotatable bonds is 4. The average molecular weight is 310 g/mol. The van der Waals surface area contributed by atoms with Gasteiger partial charge in [0.1, 0.15) is 17.7 Å². The number of carbonyl (C=O) groups is 1. The highest BCUT2D eigenvalue weighted by Crippen LogP contribution is 2.30. The Hall–Kier alpha value is -1.05. The van der Waals surface area contributed by atoms with Crippen LogP contribution in [0, 0.1) is 11.6 Å². The lowest BCUT2D eigenvalue weighted by Gasteiger charge is -2.18. The van der Waals surface area contributed by atoms with E-state index < -0.39 is 36.2 Å². The topological polar surface area (TPSA) is 83.6 Å². The second-order valence-electron chi connectivity index (χ2n) is 3.47. The molecule has 17 heavy (non-hydrogen) atoms. The summed E-state index contributed by atoms with van der Waals surface area (Å²) in [5.41, 5.74) is 4.51. The molecule has 1 amide bonds. The number of hydrogen-bond acceptors (Lipinski definition) is 3. The Labute approximate surface area is 104 Å². The van der Waals surface area contributed by atoms with Gasteiger partial charge in [-0.3, -0.25) is 4.79 Å². The van der Waals surface area contributed by atoms with Crippen LogP contribution < -0.4 is 5.73 Å². The highest BCUT2D eigenvalue weighted by atomic mass is 79.9. The third-order valence-corrected chi connectivity index (χ3v) is 2.77. The summed E-state index contributed by atoms with van der Waals surface area (Å²) in [5.74, 6) is -2.68. The van der Waals surface area contributed by atoms with E-state index in [1.54, 1.807) is 0 Å². The van der Waals surface area contributed by atoms with Gasteiger partial charge >= 0.3 is 0 Å². The minimum atomic E-state index is -1.67. The van der Waals surface area contributed by atoms with E-state index >= 15 is 0 Å². The second-order valence-corrected chi connectivity index (χ2v) is 4.32. The van der Waals surface area contributed by atoms with Crippen LogP contribution in [0.5, 0.6) is 0 Å². The van der Waals surface area contributed by atoms with Crippen LogP contribution in [0.3, 0.4) is 0 Å². The number of aliphatic hydroxyl groups excluding tert-OH is 2. The van der Waals surface area contributed by atoms with E-state index in [1.807, 2.05) is 0 Å². The third kappa shape index (κ3) is 3.45. The summed E-state index contributed by atoms with van der Waals surface area (Å²) < 4.78 is 26.2. The molecule has 4 nitrogen and oxygen atoms in total. The largest absolute Gasteiger partial charge is 0.390 e. The van der Waals surface area contributed by atoms with E-state index in [2.05, 4.69) is 15.9 Å². The van der Waals surface area contributed by atoms with Gasteiger partial charge in [0.15, 0.2) is 0 Å². The van der Waals surface area contributed by atoms with Gasteiger partial charge in [0.05, 0.1) is 12.5 Å². The maximum atomic E-state index is 13.4. The molecule has 2 unspecified atom stereocenters. The van der Waals surface area contributed by atoms with Gasteiger partial charge < -0.3 is 15.9 Å². The standard InChI is InChI=1S/C10H10BrF2NO3/c11-5-1-4(12)2-6(13)9(5)10(17)7(15)3-8(14)16/h1-2,7,10,15,17H,3H2,(H2,14,16). The number of benzene rings is 1. The highest BCUT2D eigenvalue weighted by molar-refractivity contribution is 9.10. The molecule has 0 spiro atoms. The summed E-state index contributed by atoms with van der Waals surface area (Å²) >= 11 is 2.87. The van der Waals surface area contributed by atoms with Crippen molar-refractivity contribution in [1.29, 1.82) is 0 Å². The molecule has 0 fully saturated rings. The maximum Gasteiger partial charge on any atom is 0.220 e. The van der Waals surface area contributed by atoms with Gasteiger partial charge in [-0.05, 0) is 6.07 Å². The molecule has 0 aliphatic rings. The first-order chi connectivity index (χ1) is 7.82. The van der Waals surface area contributed by atoms with Crippen molar-refractivity contribution in [3.63, 3.8) is 0 Å². The monoisotopic (exact) mass is 309 g/mol. The third-order valence-electron chi connectivity index (χ3n) is 2.11. The van der Waals surface area contributed by atoms with Crippen LogP contribution in [-0.2, 0) is 4.79 Å². The van der Waals surface area contributed by atoms with Gasteiger partial charge in [0.25, 0.3) is 0 Å². The van der Waals surface area contributed by atoms with Crippen molar-refractivity contribution in [3.8, 4) is 0 Å². The zero-order valence-corrected chi connectivity index (χ0v) is 10.1. The molecule has 0 aliphatic carbocycles. The van der Waals surface area contributed by atoms with E-state index in [4.69, 9.17) is 5.73 Å². The molecular formula is C10H10BrF2NO3.